The van der Waals surface area contributed by atoms with E-state index in [2.05, 4.69) is 5.10 Å². The van der Waals surface area contributed by atoms with Gasteiger partial charge in [0.15, 0.2) is 0 Å². The number of carbonyl (C=O) groups excluding carboxylic acids is 1. The summed E-state index contributed by atoms with van der Waals surface area (Å²) in [5.41, 5.74) is -0.168. The molecule has 0 unspecified atom stereocenters. The van der Waals surface area contributed by atoms with Crippen LogP contribution in [-0.2, 0) is 17.5 Å². The number of carbonyl (C=O) groups is 1. The molecule has 0 aliphatic heterocycles. The molecule has 3 rings (SSSR count). The van der Waals surface area contributed by atoms with Gasteiger partial charge in [0.1, 0.15) is 5.75 Å². The van der Waals surface area contributed by atoms with Crippen molar-refractivity contribution >= 4 is 28.7 Å². The van der Waals surface area contributed by atoms with E-state index in [1.54, 1.807) is 18.2 Å². The highest BCUT2D eigenvalue weighted by Gasteiger charge is 2.30. The molecule has 34 heavy (non-hydrogen) atoms. The van der Waals surface area contributed by atoms with Gasteiger partial charge in [-0.15, -0.1) is 5.10 Å². The highest BCUT2D eigenvalue weighted by molar-refractivity contribution is 8.13. The number of thioether (sulfide) groups is 1. The summed E-state index contributed by atoms with van der Waals surface area (Å²) in [5, 5.41) is 3.97. The summed E-state index contributed by atoms with van der Waals surface area (Å²) in [7, 11) is 0. The van der Waals surface area contributed by atoms with Gasteiger partial charge in [0.2, 0.25) is 12.7 Å². The van der Waals surface area contributed by atoms with Crippen LogP contribution in [0.2, 0.25) is 5.02 Å². The molecule has 1 aromatic heterocycles. The average Bonchev–Trinajstić information content (AvgIpc) is 3.15. The fourth-order valence-electron chi connectivity index (χ4n) is 2.78. The normalized spacial score (nSPS) is 11.4. The van der Waals surface area contributed by atoms with Crippen LogP contribution in [0, 0.1) is 0 Å². The van der Waals surface area contributed by atoms with Crippen LogP contribution in [0.4, 0.5) is 18.0 Å². The van der Waals surface area contributed by atoms with Crippen LogP contribution in [-0.4, -0.2) is 27.6 Å². The molecule has 0 spiro atoms. The van der Waals surface area contributed by atoms with Gasteiger partial charge in [-0.25, -0.2) is 9.59 Å². The van der Waals surface area contributed by atoms with E-state index in [-0.39, 0.29) is 24.8 Å². The molecular formula is C22H20ClF3N2O5S. The van der Waals surface area contributed by atoms with E-state index < -0.39 is 22.8 Å². The maximum absolute atomic E-state index is 12.8. The Labute approximate surface area is 201 Å². The lowest BCUT2D eigenvalue weighted by Gasteiger charge is -2.11. The van der Waals surface area contributed by atoms with Crippen molar-refractivity contribution in [3.8, 4) is 17.2 Å². The summed E-state index contributed by atoms with van der Waals surface area (Å²) in [6.45, 7) is 1.58. The molecule has 0 N–H and O–H groups in total. The summed E-state index contributed by atoms with van der Waals surface area (Å²) >= 11 is 7.12. The monoisotopic (exact) mass is 516 g/mol. The number of ether oxygens (including phenoxy) is 2. The Hall–Kier alpha value is -2.92. The van der Waals surface area contributed by atoms with E-state index in [0.717, 1.165) is 41.4 Å². The smallest absolute Gasteiger partial charge is 0.437 e. The Morgan fingerprint density at radius 2 is 1.94 bits per heavy atom. The van der Waals surface area contributed by atoms with Gasteiger partial charge in [0.05, 0.1) is 12.1 Å². The SMILES string of the molecule is CCCCSC(=O)OCOc1ccc(Cl)cc1Cn1nc(-c2ccc(C(F)(F)F)cc2)oc1=O. The molecule has 12 heteroatoms. The largest absolute Gasteiger partial charge is 0.457 e. The zero-order chi connectivity index (χ0) is 24.7. The first-order chi connectivity index (χ1) is 16.2. The molecule has 2 aromatic carbocycles. The zero-order valence-electron chi connectivity index (χ0n) is 17.9. The number of hydrogen-bond donors (Lipinski definition) is 0. The highest BCUT2D eigenvalue weighted by Crippen LogP contribution is 2.30. The topological polar surface area (TPSA) is 83.6 Å². The van der Waals surface area contributed by atoms with Gasteiger partial charge in [0.25, 0.3) is 0 Å². The molecule has 182 valence electrons. The predicted molar refractivity (Wildman–Crippen MR) is 121 cm³/mol. The Kier molecular flexibility index (Phi) is 8.67. The second kappa shape index (κ2) is 11.5. The third-order valence-corrected chi connectivity index (χ3v) is 5.60. The van der Waals surface area contributed by atoms with Gasteiger partial charge < -0.3 is 13.9 Å². The van der Waals surface area contributed by atoms with Gasteiger partial charge in [0, 0.05) is 21.9 Å². The van der Waals surface area contributed by atoms with Gasteiger partial charge in [-0.05, 0) is 60.6 Å². The molecule has 0 aliphatic rings. The molecule has 0 amide bonds. The van der Waals surface area contributed by atoms with Crippen molar-refractivity contribution in [3.63, 3.8) is 0 Å². The number of halogens is 4. The summed E-state index contributed by atoms with van der Waals surface area (Å²) in [6, 6.07) is 8.75. The van der Waals surface area contributed by atoms with Crippen molar-refractivity contribution in [2.24, 2.45) is 0 Å². The lowest BCUT2D eigenvalue weighted by Crippen LogP contribution is -2.17. The number of nitrogens with zero attached hydrogens (tertiary/aromatic N) is 2. The highest BCUT2D eigenvalue weighted by atomic mass is 35.5. The van der Waals surface area contributed by atoms with Gasteiger partial charge >= 0.3 is 17.2 Å². The minimum absolute atomic E-state index is 0.0991. The maximum Gasteiger partial charge on any atom is 0.437 e. The van der Waals surface area contributed by atoms with Crippen LogP contribution in [0.25, 0.3) is 11.5 Å². The maximum atomic E-state index is 12.8. The first-order valence-corrected chi connectivity index (χ1v) is 11.5. The van der Waals surface area contributed by atoms with Gasteiger partial charge in [-0.1, -0.05) is 24.9 Å². The molecule has 0 fully saturated rings. The number of aromatic nitrogens is 2. The van der Waals surface area contributed by atoms with E-state index in [0.29, 0.717) is 22.1 Å². The number of benzene rings is 2. The number of hydrogen-bond acceptors (Lipinski definition) is 7. The summed E-state index contributed by atoms with van der Waals surface area (Å²) in [5.74, 6) is 0.000265. The van der Waals surface area contributed by atoms with Crippen LogP contribution in [0.1, 0.15) is 30.9 Å². The predicted octanol–water partition coefficient (Wildman–Crippen LogP) is 6.23. The van der Waals surface area contributed by atoms with Gasteiger partial charge in [-0.3, -0.25) is 0 Å². The van der Waals surface area contributed by atoms with Crippen LogP contribution in [0.5, 0.6) is 5.75 Å². The molecule has 0 atom stereocenters. The lowest BCUT2D eigenvalue weighted by molar-refractivity contribution is -0.137. The molecule has 7 nitrogen and oxygen atoms in total. The first kappa shape index (κ1) is 25.7. The summed E-state index contributed by atoms with van der Waals surface area (Å²) < 4.78 is 54.9. The van der Waals surface area contributed by atoms with Crippen molar-refractivity contribution in [2.45, 2.75) is 32.5 Å². The summed E-state index contributed by atoms with van der Waals surface area (Å²) in [4.78, 5) is 24.0. The summed E-state index contributed by atoms with van der Waals surface area (Å²) in [6.07, 6.45) is -2.62. The molecule has 3 aromatic rings. The third-order valence-electron chi connectivity index (χ3n) is 4.52. The Balaban J connectivity index is 1.71. The molecule has 0 bridgehead atoms. The molecule has 0 radical (unpaired) electrons. The average molecular weight is 517 g/mol. The van der Waals surface area contributed by atoms with Crippen LogP contribution >= 0.6 is 23.4 Å². The second-order valence-corrected chi connectivity index (χ2v) is 8.48. The van der Waals surface area contributed by atoms with E-state index in [1.807, 2.05) is 6.92 Å². The third kappa shape index (κ3) is 7.04. The van der Waals surface area contributed by atoms with Crippen LogP contribution in [0.3, 0.4) is 0 Å². The Bertz CT molecular complexity index is 1180. The molecule has 0 saturated carbocycles. The molecule has 0 aliphatic carbocycles. The number of rotatable bonds is 9. The first-order valence-electron chi connectivity index (χ1n) is 10.1. The number of unbranched alkanes of at least 4 members (excludes halogenated alkanes) is 1. The number of alkyl halides is 3. The van der Waals surface area contributed by atoms with E-state index >= 15 is 0 Å². The Morgan fingerprint density at radius 3 is 2.62 bits per heavy atom. The van der Waals surface area contributed by atoms with Gasteiger partial charge in [-0.2, -0.15) is 17.9 Å². The zero-order valence-corrected chi connectivity index (χ0v) is 19.5. The van der Waals surface area contributed by atoms with Crippen molar-refractivity contribution in [1.82, 2.24) is 9.78 Å². The fourth-order valence-corrected chi connectivity index (χ4v) is 3.71. The lowest BCUT2D eigenvalue weighted by atomic mass is 10.1. The fraction of sp³-hybridized carbons (Fsp3) is 0.318. The quantitative estimate of drug-likeness (QED) is 0.189. The van der Waals surface area contributed by atoms with Crippen molar-refractivity contribution in [1.29, 1.82) is 0 Å². The van der Waals surface area contributed by atoms with Crippen LogP contribution in [0.15, 0.2) is 51.7 Å². The van der Waals surface area contributed by atoms with E-state index in [9.17, 15) is 22.8 Å². The van der Waals surface area contributed by atoms with E-state index in [4.69, 9.17) is 25.5 Å². The molecular weight excluding hydrogens is 497 g/mol. The van der Waals surface area contributed by atoms with Crippen molar-refractivity contribution < 1.29 is 31.9 Å². The Morgan fingerprint density at radius 1 is 1.21 bits per heavy atom. The van der Waals surface area contributed by atoms with Crippen LogP contribution < -0.4 is 10.5 Å². The molecule has 1 heterocycles. The minimum Gasteiger partial charge on any atom is -0.457 e. The molecule has 0 saturated heterocycles. The van der Waals surface area contributed by atoms with E-state index in [1.165, 1.54) is 12.1 Å². The van der Waals surface area contributed by atoms with Crippen molar-refractivity contribution in [2.75, 3.05) is 12.5 Å². The minimum atomic E-state index is -4.48. The standard InChI is InChI=1S/C22H20ClF3N2O5S/c1-2-3-10-34-21(30)32-13-31-18-9-8-17(23)11-15(18)12-28-20(29)33-19(27-28)14-4-6-16(7-5-14)22(24,25)26/h4-9,11H,2-3,10,12-13H2,1H3. The van der Waals surface area contributed by atoms with Crippen molar-refractivity contribution in [3.05, 3.63) is 69.2 Å². The second-order valence-electron chi connectivity index (χ2n) is 7.02.